The fourth-order valence-electron chi connectivity index (χ4n) is 2.32. The van der Waals surface area contributed by atoms with Crippen LogP contribution in [0.15, 0.2) is 52.6 Å². The van der Waals surface area contributed by atoms with E-state index >= 15 is 0 Å². The van der Waals surface area contributed by atoms with Gasteiger partial charge in [-0.15, -0.1) is 0 Å². The second-order valence-corrected chi connectivity index (χ2v) is 6.28. The normalized spacial score (nSPS) is 14.9. The Morgan fingerprint density at radius 2 is 1.96 bits per heavy atom. The third kappa shape index (κ3) is 4.06. The third-order valence-corrected chi connectivity index (χ3v) is 4.00. The molecule has 0 spiro atoms. The Labute approximate surface area is 156 Å². The van der Waals surface area contributed by atoms with Crippen molar-refractivity contribution in [3.63, 3.8) is 0 Å². The van der Waals surface area contributed by atoms with E-state index in [1.165, 1.54) is 18.2 Å². The molecule has 8 nitrogen and oxygen atoms in total. The van der Waals surface area contributed by atoms with Crippen LogP contribution in [-0.4, -0.2) is 16.9 Å². The highest BCUT2D eigenvalue weighted by Crippen LogP contribution is 2.27. The Kier molecular flexibility index (Phi) is 4.99. The SMILES string of the molecule is O=C1NC(=O)C(=Cc2cc(Br)ccc2OCc2cccc([N+](=O)[O-])c2)N1. The van der Waals surface area contributed by atoms with Crippen molar-refractivity contribution in [2.75, 3.05) is 0 Å². The molecule has 2 N–H and O–H groups in total. The second kappa shape index (κ2) is 7.36. The maximum absolute atomic E-state index is 11.7. The van der Waals surface area contributed by atoms with Gasteiger partial charge in [-0.05, 0) is 29.8 Å². The molecule has 3 rings (SSSR count). The maximum atomic E-state index is 11.7. The number of carbonyl (C=O) groups excluding carboxylic acids is 2. The summed E-state index contributed by atoms with van der Waals surface area (Å²) in [6.07, 6.45) is 1.49. The molecule has 2 aromatic rings. The molecule has 2 aromatic carbocycles. The number of ether oxygens (including phenoxy) is 1. The minimum atomic E-state index is -0.588. The number of urea groups is 1. The molecular formula is C17H12BrN3O5. The second-order valence-electron chi connectivity index (χ2n) is 5.36. The molecule has 26 heavy (non-hydrogen) atoms. The lowest BCUT2D eigenvalue weighted by molar-refractivity contribution is -0.384. The lowest BCUT2D eigenvalue weighted by Crippen LogP contribution is -2.22. The summed E-state index contributed by atoms with van der Waals surface area (Å²) in [5, 5.41) is 15.4. The van der Waals surface area contributed by atoms with Gasteiger partial charge in [-0.3, -0.25) is 20.2 Å². The Morgan fingerprint density at radius 3 is 2.65 bits per heavy atom. The average Bonchev–Trinajstić information content (AvgIpc) is 2.91. The number of nitro benzene ring substituents is 1. The van der Waals surface area contributed by atoms with Crippen molar-refractivity contribution in [2.24, 2.45) is 0 Å². The number of nitrogens with one attached hydrogen (secondary N) is 2. The van der Waals surface area contributed by atoms with Crippen molar-refractivity contribution < 1.29 is 19.2 Å². The highest BCUT2D eigenvalue weighted by atomic mass is 79.9. The van der Waals surface area contributed by atoms with Gasteiger partial charge in [0.1, 0.15) is 18.1 Å². The van der Waals surface area contributed by atoms with Gasteiger partial charge in [-0.1, -0.05) is 28.1 Å². The minimum Gasteiger partial charge on any atom is -0.488 e. The zero-order chi connectivity index (χ0) is 18.7. The summed E-state index contributed by atoms with van der Waals surface area (Å²) in [7, 11) is 0. The number of nitrogens with zero attached hydrogens (tertiary/aromatic N) is 1. The van der Waals surface area contributed by atoms with Gasteiger partial charge in [0.15, 0.2) is 0 Å². The Bertz CT molecular complexity index is 942. The van der Waals surface area contributed by atoms with Crippen LogP contribution in [0.2, 0.25) is 0 Å². The van der Waals surface area contributed by atoms with Gasteiger partial charge in [0.05, 0.1) is 4.92 Å². The van der Waals surface area contributed by atoms with Gasteiger partial charge in [-0.25, -0.2) is 4.79 Å². The molecule has 132 valence electrons. The first-order valence-corrected chi connectivity index (χ1v) is 8.21. The number of amides is 3. The summed E-state index contributed by atoms with van der Waals surface area (Å²) < 4.78 is 6.51. The molecule has 0 aliphatic carbocycles. The summed E-state index contributed by atoms with van der Waals surface area (Å²) >= 11 is 3.35. The van der Waals surface area contributed by atoms with E-state index in [-0.39, 0.29) is 18.0 Å². The fraction of sp³-hybridized carbons (Fsp3) is 0.0588. The highest BCUT2D eigenvalue weighted by Gasteiger charge is 2.23. The van der Waals surface area contributed by atoms with Gasteiger partial charge in [0, 0.05) is 22.2 Å². The van der Waals surface area contributed by atoms with Crippen LogP contribution in [0.25, 0.3) is 6.08 Å². The molecular weight excluding hydrogens is 406 g/mol. The van der Waals surface area contributed by atoms with Crippen LogP contribution in [0.1, 0.15) is 11.1 Å². The van der Waals surface area contributed by atoms with Crippen molar-refractivity contribution in [3.05, 3.63) is 73.9 Å². The van der Waals surface area contributed by atoms with Gasteiger partial charge >= 0.3 is 6.03 Å². The molecule has 0 bridgehead atoms. The largest absolute Gasteiger partial charge is 0.488 e. The highest BCUT2D eigenvalue weighted by molar-refractivity contribution is 9.10. The van der Waals surface area contributed by atoms with Crippen molar-refractivity contribution in [2.45, 2.75) is 6.61 Å². The van der Waals surface area contributed by atoms with Gasteiger partial charge < -0.3 is 10.1 Å². The number of imide groups is 1. The number of hydrogen-bond donors (Lipinski definition) is 2. The molecule has 1 aliphatic rings. The molecule has 0 aromatic heterocycles. The lowest BCUT2D eigenvalue weighted by Gasteiger charge is -2.10. The molecule has 0 unspecified atom stereocenters. The quantitative estimate of drug-likeness (QED) is 0.336. The fourth-order valence-corrected chi connectivity index (χ4v) is 2.70. The number of halogens is 1. The smallest absolute Gasteiger partial charge is 0.326 e. The summed E-state index contributed by atoms with van der Waals surface area (Å²) in [5.74, 6) is -0.0687. The molecule has 9 heteroatoms. The summed E-state index contributed by atoms with van der Waals surface area (Å²) in [6.45, 7) is 0.109. The van der Waals surface area contributed by atoms with E-state index in [0.717, 1.165) is 4.47 Å². The first-order valence-electron chi connectivity index (χ1n) is 7.42. The van der Waals surface area contributed by atoms with E-state index in [4.69, 9.17) is 4.74 Å². The first kappa shape index (κ1) is 17.6. The van der Waals surface area contributed by atoms with E-state index in [9.17, 15) is 19.7 Å². The molecule has 0 atom stereocenters. The number of benzene rings is 2. The van der Waals surface area contributed by atoms with E-state index in [1.54, 1.807) is 30.3 Å². The van der Waals surface area contributed by atoms with Crippen LogP contribution < -0.4 is 15.4 Å². The van der Waals surface area contributed by atoms with Crippen molar-refractivity contribution in [3.8, 4) is 5.75 Å². The number of carbonyl (C=O) groups is 2. The summed E-state index contributed by atoms with van der Waals surface area (Å²) in [4.78, 5) is 33.3. The van der Waals surface area contributed by atoms with Crippen LogP contribution in [0.5, 0.6) is 5.75 Å². The van der Waals surface area contributed by atoms with Crippen molar-refractivity contribution in [1.29, 1.82) is 0 Å². The predicted octanol–water partition coefficient (Wildman–Crippen LogP) is 3.12. The van der Waals surface area contributed by atoms with E-state index in [0.29, 0.717) is 16.9 Å². The third-order valence-electron chi connectivity index (χ3n) is 3.51. The molecule has 1 heterocycles. The molecule has 1 fully saturated rings. The van der Waals surface area contributed by atoms with E-state index in [1.807, 2.05) is 0 Å². The van der Waals surface area contributed by atoms with E-state index < -0.39 is 16.9 Å². The first-order chi connectivity index (χ1) is 12.4. The van der Waals surface area contributed by atoms with Crippen LogP contribution in [-0.2, 0) is 11.4 Å². The molecule has 0 radical (unpaired) electrons. The zero-order valence-corrected chi connectivity index (χ0v) is 14.8. The molecule has 1 aliphatic heterocycles. The Morgan fingerprint density at radius 1 is 1.15 bits per heavy atom. The van der Waals surface area contributed by atoms with Crippen LogP contribution in [0.4, 0.5) is 10.5 Å². The zero-order valence-electron chi connectivity index (χ0n) is 13.2. The van der Waals surface area contributed by atoms with Gasteiger partial charge in [0.25, 0.3) is 11.6 Å². The monoisotopic (exact) mass is 417 g/mol. The standard InChI is InChI=1S/C17H12BrN3O5/c18-12-4-5-15(11(7-12)8-14-16(22)20-17(23)19-14)26-9-10-2-1-3-13(6-10)21(24)25/h1-8H,9H2,(H2,19,20,22,23). The Balaban J connectivity index is 1.83. The predicted molar refractivity (Wildman–Crippen MR) is 96.2 cm³/mol. The Hall–Kier alpha value is -3.20. The number of nitro groups is 1. The van der Waals surface area contributed by atoms with E-state index in [2.05, 4.69) is 26.6 Å². The molecule has 1 saturated heterocycles. The number of non-ortho nitro benzene ring substituents is 1. The number of rotatable bonds is 5. The van der Waals surface area contributed by atoms with Crippen molar-refractivity contribution >= 4 is 39.6 Å². The summed E-state index contributed by atoms with van der Waals surface area (Å²) in [6, 6.07) is 10.7. The van der Waals surface area contributed by atoms with Crippen LogP contribution in [0, 0.1) is 10.1 Å². The maximum Gasteiger partial charge on any atom is 0.326 e. The summed E-state index contributed by atoms with van der Waals surface area (Å²) in [5.41, 5.74) is 1.28. The molecule has 0 saturated carbocycles. The topological polar surface area (TPSA) is 111 Å². The average molecular weight is 418 g/mol. The van der Waals surface area contributed by atoms with Crippen molar-refractivity contribution in [1.82, 2.24) is 10.6 Å². The lowest BCUT2D eigenvalue weighted by atomic mass is 10.1. The van der Waals surface area contributed by atoms with Crippen LogP contribution in [0.3, 0.4) is 0 Å². The minimum absolute atomic E-state index is 0.0189. The van der Waals surface area contributed by atoms with Gasteiger partial charge in [-0.2, -0.15) is 0 Å². The number of hydrogen-bond acceptors (Lipinski definition) is 5. The molecule has 3 amide bonds. The van der Waals surface area contributed by atoms with Crippen LogP contribution >= 0.6 is 15.9 Å². The van der Waals surface area contributed by atoms with Gasteiger partial charge in [0.2, 0.25) is 0 Å².